The largest absolute Gasteiger partial charge is 0.459 e. The van der Waals surface area contributed by atoms with Crippen LogP contribution in [0.25, 0.3) is 11.2 Å². The van der Waals surface area contributed by atoms with Crippen LogP contribution in [0.4, 0.5) is 5.82 Å². The Balaban J connectivity index is 1.23. The second-order valence-corrected chi connectivity index (χ2v) is 11.9. The summed E-state index contributed by atoms with van der Waals surface area (Å²) in [6.07, 6.45) is -3.47. The zero-order chi connectivity index (χ0) is 35.9. The van der Waals surface area contributed by atoms with Gasteiger partial charge >= 0.3 is 17.9 Å². The van der Waals surface area contributed by atoms with Crippen LogP contribution in [0.5, 0.6) is 0 Å². The summed E-state index contributed by atoms with van der Waals surface area (Å²) in [5.74, 6) is -1.88. The van der Waals surface area contributed by atoms with Crippen molar-refractivity contribution in [3.8, 4) is 0 Å². The summed E-state index contributed by atoms with van der Waals surface area (Å²) in [4.78, 5) is 58.9. The molecule has 52 heavy (non-hydrogen) atoms. The SMILES string of the molecule is O=C(OC[C@H]1O[C@@H](n2cnc3c(NOCc4ccccc4)nc(Cl)nc32)C(OC(=O)c2ccccc2)C1OC(=O)c1ccccc1)c1ccccc1. The number of imidazole rings is 1. The fourth-order valence-corrected chi connectivity index (χ4v) is 5.76. The third-order valence-electron chi connectivity index (χ3n) is 8.10. The standard InChI is InChI=1S/C38H30ClN5O8/c39-38-41-32(43-49-21-24-13-5-1-6-14-24)29-33(42-38)44(23-40-29)34-31(52-37(47)27-19-11-4-12-20-27)30(51-36(46)26-17-9-3-10-18-26)28(50-34)22-48-35(45)25-15-7-2-8-16-25/h1-20,23,28,30-31,34H,21-22H2,(H,41,42,43)/t28-,30?,31?,34-/m1/s1. The summed E-state index contributed by atoms with van der Waals surface area (Å²) in [7, 11) is 0. The van der Waals surface area contributed by atoms with Crippen molar-refractivity contribution in [2.24, 2.45) is 0 Å². The number of esters is 3. The van der Waals surface area contributed by atoms with Gasteiger partial charge in [-0.2, -0.15) is 9.97 Å². The fraction of sp³-hybridized carbons (Fsp3) is 0.158. The minimum atomic E-state index is -1.29. The Morgan fingerprint density at radius 3 is 1.85 bits per heavy atom. The molecular weight excluding hydrogens is 690 g/mol. The van der Waals surface area contributed by atoms with Crippen molar-refractivity contribution >= 4 is 46.5 Å². The van der Waals surface area contributed by atoms with Crippen molar-refractivity contribution in [2.45, 2.75) is 31.1 Å². The Kier molecular flexibility index (Phi) is 10.4. The Bertz CT molecular complexity index is 2160. The van der Waals surface area contributed by atoms with Gasteiger partial charge in [0, 0.05) is 0 Å². The third kappa shape index (κ3) is 7.76. The molecule has 0 bridgehead atoms. The van der Waals surface area contributed by atoms with Crippen LogP contribution in [0, 0.1) is 0 Å². The van der Waals surface area contributed by atoms with E-state index in [2.05, 4.69) is 20.4 Å². The van der Waals surface area contributed by atoms with Crippen molar-refractivity contribution in [2.75, 3.05) is 12.1 Å². The van der Waals surface area contributed by atoms with E-state index in [0.29, 0.717) is 5.56 Å². The molecule has 2 aromatic heterocycles. The first-order valence-corrected chi connectivity index (χ1v) is 16.5. The predicted molar refractivity (Wildman–Crippen MR) is 187 cm³/mol. The van der Waals surface area contributed by atoms with Crippen LogP contribution in [-0.4, -0.2) is 62.3 Å². The number of rotatable bonds is 12. The molecule has 2 unspecified atom stereocenters. The molecule has 262 valence electrons. The van der Waals surface area contributed by atoms with E-state index < -0.39 is 42.4 Å². The maximum Gasteiger partial charge on any atom is 0.338 e. The molecule has 0 spiro atoms. The molecule has 0 saturated carbocycles. The predicted octanol–water partition coefficient (Wildman–Crippen LogP) is 6.23. The van der Waals surface area contributed by atoms with Crippen molar-refractivity contribution in [3.63, 3.8) is 0 Å². The van der Waals surface area contributed by atoms with Crippen molar-refractivity contribution in [1.29, 1.82) is 0 Å². The van der Waals surface area contributed by atoms with Gasteiger partial charge in [0.15, 0.2) is 35.4 Å². The average Bonchev–Trinajstić information content (AvgIpc) is 3.75. The number of anilines is 1. The Hall–Kier alpha value is -6.15. The van der Waals surface area contributed by atoms with E-state index in [9.17, 15) is 14.4 Å². The van der Waals surface area contributed by atoms with E-state index in [1.165, 1.54) is 10.9 Å². The second kappa shape index (κ2) is 15.8. The van der Waals surface area contributed by atoms with Gasteiger partial charge in [-0.3, -0.25) is 9.40 Å². The van der Waals surface area contributed by atoms with Gasteiger partial charge in [0.1, 0.15) is 12.7 Å². The number of nitrogens with one attached hydrogen (secondary N) is 1. The fourth-order valence-electron chi connectivity index (χ4n) is 5.59. The molecule has 14 heteroatoms. The van der Waals surface area contributed by atoms with Crippen LogP contribution in [0.2, 0.25) is 5.28 Å². The summed E-state index contributed by atoms with van der Waals surface area (Å²) in [6, 6.07) is 34.5. The lowest BCUT2D eigenvalue weighted by Crippen LogP contribution is -2.41. The Morgan fingerprint density at radius 2 is 1.25 bits per heavy atom. The van der Waals surface area contributed by atoms with Gasteiger partial charge in [-0.1, -0.05) is 84.9 Å². The van der Waals surface area contributed by atoms with E-state index in [1.54, 1.807) is 91.0 Å². The lowest BCUT2D eigenvalue weighted by atomic mass is 10.1. The van der Waals surface area contributed by atoms with Gasteiger partial charge in [-0.15, -0.1) is 0 Å². The summed E-state index contributed by atoms with van der Waals surface area (Å²) < 4.78 is 25.7. The van der Waals surface area contributed by atoms with Crippen LogP contribution in [-0.2, 0) is 30.4 Å². The van der Waals surface area contributed by atoms with E-state index >= 15 is 0 Å². The number of nitrogens with zero attached hydrogens (tertiary/aromatic N) is 4. The molecule has 0 amide bonds. The van der Waals surface area contributed by atoms with Gasteiger partial charge in [-0.25, -0.2) is 24.8 Å². The number of ether oxygens (including phenoxy) is 4. The number of halogens is 1. The lowest BCUT2D eigenvalue weighted by molar-refractivity contribution is -0.0606. The molecule has 4 aromatic carbocycles. The molecule has 7 rings (SSSR count). The van der Waals surface area contributed by atoms with Gasteiger partial charge in [-0.05, 0) is 53.6 Å². The van der Waals surface area contributed by atoms with Crippen LogP contribution >= 0.6 is 11.6 Å². The molecule has 3 heterocycles. The molecule has 6 aromatic rings. The van der Waals surface area contributed by atoms with Crippen LogP contribution < -0.4 is 5.48 Å². The van der Waals surface area contributed by atoms with E-state index in [4.69, 9.17) is 35.4 Å². The zero-order valence-corrected chi connectivity index (χ0v) is 28.0. The van der Waals surface area contributed by atoms with Gasteiger partial charge in [0.2, 0.25) is 5.28 Å². The number of fused-ring (bicyclic) bond motifs is 1. The first kappa shape index (κ1) is 34.3. The molecular formula is C38H30ClN5O8. The normalized spacial score (nSPS) is 18.1. The monoisotopic (exact) mass is 719 g/mol. The van der Waals surface area contributed by atoms with Crippen molar-refractivity contribution in [1.82, 2.24) is 19.5 Å². The van der Waals surface area contributed by atoms with Crippen LogP contribution in [0.3, 0.4) is 0 Å². The summed E-state index contributed by atoms with van der Waals surface area (Å²) >= 11 is 6.38. The number of carbonyl (C=O) groups excluding carboxylic acids is 3. The van der Waals surface area contributed by atoms with E-state index in [-0.39, 0.29) is 46.6 Å². The van der Waals surface area contributed by atoms with E-state index in [1.807, 2.05) is 30.3 Å². The van der Waals surface area contributed by atoms with Crippen LogP contribution in [0.15, 0.2) is 128 Å². The minimum Gasteiger partial charge on any atom is -0.459 e. The summed E-state index contributed by atoms with van der Waals surface area (Å²) in [6.45, 7) is -0.148. The van der Waals surface area contributed by atoms with Crippen molar-refractivity contribution in [3.05, 3.63) is 155 Å². The topological polar surface area (TPSA) is 153 Å². The zero-order valence-electron chi connectivity index (χ0n) is 27.3. The number of hydrogen-bond donors (Lipinski definition) is 1. The molecule has 1 saturated heterocycles. The highest BCUT2D eigenvalue weighted by molar-refractivity contribution is 6.28. The summed E-state index contributed by atoms with van der Waals surface area (Å²) in [5.41, 5.74) is 4.95. The quantitative estimate of drug-likeness (QED) is 0.0660. The summed E-state index contributed by atoms with van der Waals surface area (Å²) in [5, 5.41) is -0.142. The first-order chi connectivity index (χ1) is 25.4. The Labute approximate surface area is 302 Å². The third-order valence-corrected chi connectivity index (χ3v) is 8.27. The Morgan fingerprint density at radius 1 is 0.712 bits per heavy atom. The number of aromatic nitrogens is 4. The highest BCUT2D eigenvalue weighted by Crippen LogP contribution is 2.37. The molecule has 1 aliphatic rings. The molecule has 4 atom stereocenters. The first-order valence-electron chi connectivity index (χ1n) is 16.2. The van der Waals surface area contributed by atoms with Gasteiger partial charge in [0.05, 0.1) is 29.6 Å². The van der Waals surface area contributed by atoms with Crippen molar-refractivity contribution < 1.29 is 38.2 Å². The average molecular weight is 720 g/mol. The molecule has 13 nitrogen and oxygen atoms in total. The number of hydrogen-bond acceptors (Lipinski definition) is 12. The molecule has 1 aliphatic heterocycles. The molecule has 1 fully saturated rings. The molecule has 1 N–H and O–H groups in total. The lowest BCUT2D eigenvalue weighted by Gasteiger charge is -2.25. The highest BCUT2D eigenvalue weighted by Gasteiger charge is 2.52. The highest BCUT2D eigenvalue weighted by atomic mass is 35.5. The minimum absolute atomic E-state index is 0.142. The van der Waals surface area contributed by atoms with Gasteiger partial charge < -0.3 is 18.9 Å². The van der Waals surface area contributed by atoms with E-state index in [0.717, 1.165) is 5.56 Å². The smallest absolute Gasteiger partial charge is 0.338 e. The van der Waals surface area contributed by atoms with Crippen LogP contribution in [0.1, 0.15) is 42.9 Å². The maximum absolute atomic E-state index is 13.6. The molecule has 0 aliphatic carbocycles. The second-order valence-electron chi connectivity index (χ2n) is 11.5. The maximum atomic E-state index is 13.6. The van der Waals surface area contributed by atoms with Gasteiger partial charge in [0.25, 0.3) is 0 Å². The number of benzene rings is 4. The number of carbonyl (C=O) groups is 3. The molecule has 0 radical (unpaired) electrons.